The monoisotopic (exact) mass is 281 g/mol. The van der Waals surface area contributed by atoms with Crippen molar-refractivity contribution in [3.63, 3.8) is 0 Å². The number of hydrogen-bond donors (Lipinski definition) is 1. The van der Waals surface area contributed by atoms with Gasteiger partial charge in [0.1, 0.15) is 0 Å². The van der Waals surface area contributed by atoms with E-state index in [0.717, 1.165) is 24.2 Å². The molecule has 0 amide bonds. The molecule has 0 atom stereocenters. The first-order valence-corrected chi connectivity index (χ1v) is 6.48. The summed E-state index contributed by atoms with van der Waals surface area (Å²) in [6.45, 7) is 2.93. The predicted octanol–water partition coefficient (Wildman–Crippen LogP) is 4.27. The number of nitrogens with zero attached hydrogens (tertiary/aromatic N) is 2. The summed E-state index contributed by atoms with van der Waals surface area (Å²) >= 11 is 12.1. The van der Waals surface area contributed by atoms with Gasteiger partial charge in [0.2, 0.25) is 5.95 Å². The fourth-order valence-electron chi connectivity index (χ4n) is 1.52. The minimum Gasteiger partial charge on any atom is -0.354 e. The van der Waals surface area contributed by atoms with Gasteiger partial charge in [-0.1, -0.05) is 30.1 Å². The molecule has 0 bridgehead atoms. The van der Waals surface area contributed by atoms with Crippen LogP contribution in [0.5, 0.6) is 0 Å². The lowest BCUT2D eigenvalue weighted by atomic mass is 10.1. The van der Waals surface area contributed by atoms with Crippen LogP contribution in [0.4, 0.5) is 5.95 Å². The molecule has 94 valence electrons. The van der Waals surface area contributed by atoms with Crippen molar-refractivity contribution in [3.05, 3.63) is 40.5 Å². The summed E-state index contributed by atoms with van der Waals surface area (Å²) in [6.07, 6.45) is 2.73. The zero-order valence-corrected chi connectivity index (χ0v) is 11.5. The van der Waals surface area contributed by atoms with Crippen molar-refractivity contribution in [3.8, 4) is 11.3 Å². The van der Waals surface area contributed by atoms with E-state index in [0.29, 0.717) is 16.0 Å². The Morgan fingerprint density at radius 3 is 2.83 bits per heavy atom. The van der Waals surface area contributed by atoms with Gasteiger partial charge in [-0.3, -0.25) is 0 Å². The normalized spacial score (nSPS) is 10.4. The zero-order valence-electron chi connectivity index (χ0n) is 9.95. The Morgan fingerprint density at radius 1 is 1.22 bits per heavy atom. The molecular weight excluding hydrogens is 269 g/mol. The van der Waals surface area contributed by atoms with Gasteiger partial charge in [0.05, 0.1) is 10.7 Å². The molecule has 0 aliphatic carbocycles. The third-order valence-corrected chi connectivity index (χ3v) is 2.96. The van der Waals surface area contributed by atoms with Crippen LogP contribution in [-0.2, 0) is 0 Å². The Kier molecular flexibility index (Phi) is 4.39. The van der Waals surface area contributed by atoms with E-state index in [-0.39, 0.29) is 0 Å². The topological polar surface area (TPSA) is 37.8 Å². The second-order valence-corrected chi connectivity index (χ2v) is 4.66. The summed E-state index contributed by atoms with van der Waals surface area (Å²) < 4.78 is 0. The second-order valence-electron chi connectivity index (χ2n) is 3.82. The Hall–Kier alpha value is -1.32. The van der Waals surface area contributed by atoms with E-state index >= 15 is 0 Å². The third kappa shape index (κ3) is 3.12. The largest absolute Gasteiger partial charge is 0.354 e. The maximum absolute atomic E-state index is 6.15. The number of rotatable bonds is 4. The van der Waals surface area contributed by atoms with Crippen molar-refractivity contribution >= 4 is 29.2 Å². The van der Waals surface area contributed by atoms with E-state index in [1.54, 1.807) is 24.4 Å². The van der Waals surface area contributed by atoms with Crippen molar-refractivity contribution in [2.45, 2.75) is 13.3 Å². The first-order chi connectivity index (χ1) is 8.70. The van der Waals surface area contributed by atoms with Gasteiger partial charge in [-0.05, 0) is 30.7 Å². The summed E-state index contributed by atoms with van der Waals surface area (Å²) in [5.41, 5.74) is 1.57. The van der Waals surface area contributed by atoms with Gasteiger partial charge in [-0.2, -0.15) is 0 Å². The summed E-state index contributed by atoms with van der Waals surface area (Å²) in [7, 11) is 0. The van der Waals surface area contributed by atoms with Crippen LogP contribution in [0.25, 0.3) is 11.3 Å². The van der Waals surface area contributed by atoms with Crippen LogP contribution < -0.4 is 5.32 Å². The van der Waals surface area contributed by atoms with Crippen LogP contribution in [0.3, 0.4) is 0 Å². The zero-order chi connectivity index (χ0) is 13.0. The highest BCUT2D eigenvalue weighted by atomic mass is 35.5. The summed E-state index contributed by atoms with van der Waals surface area (Å²) in [6, 6.07) is 7.13. The van der Waals surface area contributed by atoms with Crippen LogP contribution in [0.2, 0.25) is 10.0 Å². The average molecular weight is 282 g/mol. The van der Waals surface area contributed by atoms with E-state index < -0.39 is 0 Å². The SMILES string of the molecule is CCCNc1nccc(-c2cc(Cl)ccc2Cl)n1. The van der Waals surface area contributed by atoms with Gasteiger partial charge in [0.15, 0.2) is 0 Å². The van der Waals surface area contributed by atoms with Gasteiger partial charge < -0.3 is 5.32 Å². The predicted molar refractivity (Wildman–Crippen MR) is 76.3 cm³/mol. The van der Waals surface area contributed by atoms with Gasteiger partial charge in [-0.15, -0.1) is 0 Å². The van der Waals surface area contributed by atoms with Crippen LogP contribution in [0, 0.1) is 0 Å². The maximum Gasteiger partial charge on any atom is 0.223 e. The lowest BCUT2D eigenvalue weighted by molar-refractivity contribution is 0.953. The second kappa shape index (κ2) is 6.03. The fourth-order valence-corrected chi connectivity index (χ4v) is 1.91. The highest BCUT2D eigenvalue weighted by Crippen LogP contribution is 2.29. The smallest absolute Gasteiger partial charge is 0.223 e. The summed E-state index contributed by atoms with van der Waals surface area (Å²) in [4.78, 5) is 8.57. The van der Waals surface area contributed by atoms with Crippen LogP contribution in [0.15, 0.2) is 30.5 Å². The third-order valence-electron chi connectivity index (χ3n) is 2.39. The molecule has 3 nitrogen and oxygen atoms in total. The quantitative estimate of drug-likeness (QED) is 0.909. The molecule has 1 heterocycles. The Labute approximate surface area is 116 Å². The summed E-state index contributed by atoms with van der Waals surface area (Å²) in [5, 5.41) is 4.40. The van der Waals surface area contributed by atoms with Gasteiger partial charge >= 0.3 is 0 Å². The van der Waals surface area contributed by atoms with Crippen molar-refractivity contribution < 1.29 is 0 Å². The molecule has 2 rings (SSSR count). The number of aromatic nitrogens is 2. The van der Waals surface area contributed by atoms with Gasteiger partial charge in [0, 0.05) is 23.3 Å². The molecule has 18 heavy (non-hydrogen) atoms. The molecular formula is C13H13Cl2N3. The van der Waals surface area contributed by atoms with E-state index in [1.165, 1.54) is 0 Å². The van der Waals surface area contributed by atoms with E-state index in [4.69, 9.17) is 23.2 Å². The Bertz CT molecular complexity index is 544. The van der Waals surface area contributed by atoms with E-state index in [1.807, 2.05) is 6.07 Å². The first-order valence-electron chi connectivity index (χ1n) is 5.73. The number of benzene rings is 1. The highest BCUT2D eigenvalue weighted by molar-refractivity contribution is 6.35. The summed E-state index contributed by atoms with van der Waals surface area (Å²) in [5.74, 6) is 0.602. The number of nitrogens with one attached hydrogen (secondary N) is 1. The van der Waals surface area contributed by atoms with Crippen LogP contribution in [-0.4, -0.2) is 16.5 Å². The molecule has 2 aromatic rings. The van der Waals surface area contributed by atoms with E-state index in [9.17, 15) is 0 Å². The fraction of sp³-hybridized carbons (Fsp3) is 0.231. The number of halogens is 2. The molecule has 0 saturated carbocycles. The molecule has 0 aliphatic heterocycles. The lowest BCUT2D eigenvalue weighted by Crippen LogP contribution is -2.04. The molecule has 1 aromatic carbocycles. The highest BCUT2D eigenvalue weighted by Gasteiger charge is 2.07. The lowest BCUT2D eigenvalue weighted by Gasteiger charge is -2.07. The minimum atomic E-state index is 0.602. The molecule has 0 saturated heterocycles. The van der Waals surface area contributed by atoms with Gasteiger partial charge in [0.25, 0.3) is 0 Å². The molecule has 0 spiro atoms. The molecule has 0 aliphatic rings. The molecule has 0 unspecified atom stereocenters. The number of anilines is 1. The molecule has 1 N–H and O–H groups in total. The van der Waals surface area contributed by atoms with Crippen molar-refractivity contribution in [2.75, 3.05) is 11.9 Å². The van der Waals surface area contributed by atoms with E-state index in [2.05, 4.69) is 22.2 Å². The molecule has 5 heteroatoms. The maximum atomic E-state index is 6.15. The molecule has 1 aromatic heterocycles. The first kappa shape index (κ1) is 13.1. The van der Waals surface area contributed by atoms with Crippen molar-refractivity contribution in [1.29, 1.82) is 0 Å². The van der Waals surface area contributed by atoms with Gasteiger partial charge in [-0.25, -0.2) is 9.97 Å². The molecule has 0 fully saturated rings. The number of hydrogen-bond acceptors (Lipinski definition) is 3. The average Bonchev–Trinajstić information content (AvgIpc) is 2.39. The van der Waals surface area contributed by atoms with Crippen molar-refractivity contribution in [1.82, 2.24) is 9.97 Å². The minimum absolute atomic E-state index is 0.602. The standard InChI is InChI=1S/C13H13Cl2N3/c1-2-6-16-13-17-7-5-12(18-13)10-8-9(14)3-4-11(10)15/h3-5,7-8H,2,6H2,1H3,(H,16,17,18). The van der Waals surface area contributed by atoms with Crippen LogP contribution in [0.1, 0.15) is 13.3 Å². The van der Waals surface area contributed by atoms with Crippen molar-refractivity contribution in [2.24, 2.45) is 0 Å². The molecule has 0 radical (unpaired) electrons. The van der Waals surface area contributed by atoms with Crippen LogP contribution >= 0.6 is 23.2 Å². The Morgan fingerprint density at radius 2 is 2.06 bits per heavy atom. The Balaban J connectivity index is 2.35.